The van der Waals surface area contributed by atoms with Crippen molar-refractivity contribution in [3.63, 3.8) is 0 Å². The molecule has 1 atom stereocenters. The van der Waals surface area contributed by atoms with Gasteiger partial charge in [-0.15, -0.1) is 0 Å². The standard InChI is InChI=1S/C13H21N3O/c1-4-14-8-10(2)13(17)15-9-12-7-5-6-11(3)16-12/h5-7,10,14H,4,8-9H2,1-3H3,(H,15,17). The van der Waals surface area contributed by atoms with Crippen LogP contribution < -0.4 is 10.6 Å². The van der Waals surface area contributed by atoms with Gasteiger partial charge in [-0.2, -0.15) is 0 Å². The zero-order chi connectivity index (χ0) is 12.7. The Bertz CT molecular complexity index is 365. The molecule has 94 valence electrons. The second-order valence-electron chi connectivity index (χ2n) is 4.20. The lowest BCUT2D eigenvalue weighted by atomic mass is 10.1. The smallest absolute Gasteiger partial charge is 0.224 e. The lowest BCUT2D eigenvalue weighted by Gasteiger charge is -2.12. The number of hydrogen-bond donors (Lipinski definition) is 2. The summed E-state index contributed by atoms with van der Waals surface area (Å²) in [7, 11) is 0. The van der Waals surface area contributed by atoms with Gasteiger partial charge in [0.1, 0.15) is 0 Å². The predicted molar refractivity (Wildman–Crippen MR) is 68.5 cm³/mol. The average Bonchev–Trinajstić information content (AvgIpc) is 2.33. The van der Waals surface area contributed by atoms with Gasteiger partial charge in [0.05, 0.1) is 12.2 Å². The SMILES string of the molecule is CCNCC(C)C(=O)NCc1cccc(C)n1. The van der Waals surface area contributed by atoms with Crippen LogP contribution >= 0.6 is 0 Å². The van der Waals surface area contributed by atoms with E-state index in [4.69, 9.17) is 0 Å². The molecular weight excluding hydrogens is 214 g/mol. The van der Waals surface area contributed by atoms with E-state index in [1.807, 2.05) is 39.0 Å². The molecule has 1 aromatic heterocycles. The normalized spacial score (nSPS) is 12.2. The first-order valence-electron chi connectivity index (χ1n) is 6.04. The van der Waals surface area contributed by atoms with Crippen LogP contribution in [0.1, 0.15) is 25.2 Å². The van der Waals surface area contributed by atoms with E-state index in [-0.39, 0.29) is 11.8 Å². The molecule has 4 heteroatoms. The van der Waals surface area contributed by atoms with Crippen LogP contribution in [-0.2, 0) is 11.3 Å². The zero-order valence-corrected chi connectivity index (χ0v) is 10.8. The Balaban J connectivity index is 2.37. The molecule has 1 rings (SSSR count). The fourth-order valence-corrected chi connectivity index (χ4v) is 1.50. The number of carbonyl (C=O) groups excluding carboxylic acids is 1. The van der Waals surface area contributed by atoms with Crippen molar-refractivity contribution in [2.24, 2.45) is 5.92 Å². The van der Waals surface area contributed by atoms with Crippen molar-refractivity contribution in [1.82, 2.24) is 15.6 Å². The fourth-order valence-electron chi connectivity index (χ4n) is 1.50. The molecule has 1 amide bonds. The largest absolute Gasteiger partial charge is 0.350 e. The van der Waals surface area contributed by atoms with Crippen LogP contribution in [0.3, 0.4) is 0 Å². The molecule has 17 heavy (non-hydrogen) atoms. The van der Waals surface area contributed by atoms with E-state index in [9.17, 15) is 4.79 Å². The maximum atomic E-state index is 11.7. The maximum absolute atomic E-state index is 11.7. The van der Waals surface area contributed by atoms with Gasteiger partial charge in [0.2, 0.25) is 5.91 Å². The third-order valence-corrected chi connectivity index (χ3v) is 2.54. The molecule has 0 fully saturated rings. The molecule has 0 radical (unpaired) electrons. The highest BCUT2D eigenvalue weighted by Crippen LogP contribution is 1.99. The monoisotopic (exact) mass is 235 g/mol. The molecule has 1 heterocycles. The Hall–Kier alpha value is -1.42. The molecule has 0 spiro atoms. The molecule has 0 aliphatic heterocycles. The van der Waals surface area contributed by atoms with E-state index in [1.165, 1.54) is 0 Å². The minimum Gasteiger partial charge on any atom is -0.350 e. The lowest BCUT2D eigenvalue weighted by Crippen LogP contribution is -2.35. The Morgan fingerprint density at radius 2 is 2.24 bits per heavy atom. The average molecular weight is 235 g/mol. The second kappa shape index (κ2) is 7.01. The first kappa shape index (κ1) is 13.6. The third-order valence-electron chi connectivity index (χ3n) is 2.54. The summed E-state index contributed by atoms with van der Waals surface area (Å²) in [6, 6.07) is 5.81. The number of aryl methyl sites for hydroxylation is 1. The van der Waals surface area contributed by atoms with E-state index in [0.29, 0.717) is 13.1 Å². The number of carbonyl (C=O) groups is 1. The first-order chi connectivity index (χ1) is 8.13. The summed E-state index contributed by atoms with van der Waals surface area (Å²) in [5, 5.41) is 6.05. The van der Waals surface area contributed by atoms with Crippen molar-refractivity contribution in [2.45, 2.75) is 27.3 Å². The molecular formula is C13H21N3O. The zero-order valence-electron chi connectivity index (χ0n) is 10.8. The van der Waals surface area contributed by atoms with Gasteiger partial charge < -0.3 is 10.6 Å². The molecule has 1 unspecified atom stereocenters. The molecule has 0 saturated heterocycles. The van der Waals surface area contributed by atoms with E-state index in [1.54, 1.807) is 0 Å². The fraction of sp³-hybridized carbons (Fsp3) is 0.538. The Labute approximate surface area is 103 Å². The Morgan fingerprint density at radius 1 is 1.47 bits per heavy atom. The van der Waals surface area contributed by atoms with Crippen molar-refractivity contribution >= 4 is 5.91 Å². The number of nitrogens with zero attached hydrogens (tertiary/aromatic N) is 1. The summed E-state index contributed by atoms with van der Waals surface area (Å²) >= 11 is 0. The van der Waals surface area contributed by atoms with E-state index in [2.05, 4.69) is 15.6 Å². The minimum atomic E-state index is -0.0141. The van der Waals surface area contributed by atoms with Crippen LogP contribution in [-0.4, -0.2) is 24.0 Å². The predicted octanol–water partition coefficient (Wildman–Crippen LogP) is 1.25. The van der Waals surface area contributed by atoms with Crippen LogP contribution in [0.5, 0.6) is 0 Å². The Morgan fingerprint density at radius 3 is 2.88 bits per heavy atom. The summed E-state index contributed by atoms with van der Waals surface area (Å²) in [5.41, 5.74) is 1.87. The molecule has 1 aromatic rings. The number of hydrogen-bond acceptors (Lipinski definition) is 3. The van der Waals surface area contributed by atoms with Gasteiger partial charge in [-0.3, -0.25) is 9.78 Å². The van der Waals surface area contributed by atoms with Crippen molar-refractivity contribution in [2.75, 3.05) is 13.1 Å². The number of pyridine rings is 1. The molecule has 4 nitrogen and oxygen atoms in total. The minimum absolute atomic E-state index is 0.0141. The van der Waals surface area contributed by atoms with Crippen molar-refractivity contribution < 1.29 is 4.79 Å². The summed E-state index contributed by atoms with van der Waals surface area (Å²) in [5.74, 6) is 0.0500. The van der Waals surface area contributed by atoms with Gasteiger partial charge in [-0.05, 0) is 25.6 Å². The van der Waals surface area contributed by atoms with Gasteiger partial charge >= 0.3 is 0 Å². The van der Waals surface area contributed by atoms with Gasteiger partial charge in [-0.1, -0.05) is 19.9 Å². The maximum Gasteiger partial charge on any atom is 0.224 e. The molecule has 2 N–H and O–H groups in total. The van der Waals surface area contributed by atoms with Crippen molar-refractivity contribution in [3.8, 4) is 0 Å². The summed E-state index contributed by atoms with van der Waals surface area (Å²) in [4.78, 5) is 16.1. The first-order valence-corrected chi connectivity index (χ1v) is 6.04. The summed E-state index contributed by atoms with van der Waals surface area (Å²) < 4.78 is 0. The van der Waals surface area contributed by atoms with Gasteiger partial charge in [0, 0.05) is 18.2 Å². The highest BCUT2D eigenvalue weighted by atomic mass is 16.1. The highest BCUT2D eigenvalue weighted by molar-refractivity contribution is 5.78. The van der Waals surface area contributed by atoms with Gasteiger partial charge in [0.15, 0.2) is 0 Å². The van der Waals surface area contributed by atoms with Crippen LogP contribution in [0, 0.1) is 12.8 Å². The van der Waals surface area contributed by atoms with Gasteiger partial charge in [0.25, 0.3) is 0 Å². The molecule has 0 aliphatic carbocycles. The van der Waals surface area contributed by atoms with Crippen LogP contribution in [0.4, 0.5) is 0 Å². The van der Waals surface area contributed by atoms with E-state index < -0.39 is 0 Å². The van der Waals surface area contributed by atoms with Crippen molar-refractivity contribution in [3.05, 3.63) is 29.6 Å². The van der Waals surface area contributed by atoms with Gasteiger partial charge in [-0.25, -0.2) is 0 Å². The molecule has 0 aromatic carbocycles. The molecule has 0 aliphatic rings. The van der Waals surface area contributed by atoms with Crippen LogP contribution in [0.2, 0.25) is 0 Å². The topological polar surface area (TPSA) is 54.0 Å². The van der Waals surface area contributed by atoms with E-state index >= 15 is 0 Å². The number of amides is 1. The molecule has 0 bridgehead atoms. The summed E-state index contributed by atoms with van der Waals surface area (Å²) in [6.07, 6.45) is 0. The Kier molecular flexibility index (Phi) is 5.63. The second-order valence-corrected chi connectivity index (χ2v) is 4.20. The molecule has 0 saturated carbocycles. The van der Waals surface area contributed by atoms with E-state index in [0.717, 1.165) is 17.9 Å². The number of nitrogens with one attached hydrogen (secondary N) is 2. The quantitative estimate of drug-likeness (QED) is 0.780. The number of aromatic nitrogens is 1. The van der Waals surface area contributed by atoms with Crippen LogP contribution in [0.25, 0.3) is 0 Å². The lowest BCUT2D eigenvalue weighted by molar-refractivity contribution is -0.124. The third kappa shape index (κ3) is 4.95. The van der Waals surface area contributed by atoms with Crippen molar-refractivity contribution in [1.29, 1.82) is 0 Å². The summed E-state index contributed by atoms with van der Waals surface area (Å²) in [6.45, 7) is 7.99. The number of rotatable bonds is 6. The van der Waals surface area contributed by atoms with Crippen LogP contribution in [0.15, 0.2) is 18.2 Å². The highest BCUT2D eigenvalue weighted by Gasteiger charge is 2.11.